The maximum atomic E-state index is 12.6. The minimum atomic E-state index is -0.0894. The maximum absolute atomic E-state index is 12.6. The van der Waals surface area contributed by atoms with Crippen LogP contribution in [0.1, 0.15) is 24.5 Å². The molecule has 7 heteroatoms. The lowest BCUT2D eigenvalue weighted by atomic mass is 10.0. The van der Waals surface area contributed by atoms with Crippen molar-refractivity contribution in [3.8, 4) is 22.7 Å². The van der Waals surface area contributed by atoms with Crippen molar-refractivity contribution in [2.24, 2.45) is 0 Å². The monoisotopic (exact) mass is 449 g/mol. The average molecular weight is 450 g/mol. The van der Waals surface area contributed by atoms with Gasteiger partial charge in [-0.3, -0.25) is 9.69 Å². The molecule has 0 saturated carbocycles. The molecule has 0 radical (unpaired) electrons. The predicted octanol–water partition coefficient (Wildman–Crippen LogP) is 5.47. The van der Waals surface area contributed by atoms with E-state index in [9.17, 15) is 4.79 Å². The fourth-order valence-electron chi connectivity index (χ4n) is 3.31. The molecule has 3 aromatic rings. The largest absolute Gasteiger partial charge is 0.494 e. The van der Waals surface area contributed by atoms with E-state index in [0.29, 0.717) is 15.8 Å². The highest BCUT2D eigenvalue weighted by Crippen LogP contribution is 2.35. The molecule has 0 spiro atoms. The van der Waals surface area contributed by atoms with E-state index in [1.54, 1.807) is 7.05 Å². The van der Waals surface area contributed by atoms with Gasteiger partial charge in [0.05, 0.1) is 17.2 Å². The van der Waals surface area contributed by atoms with Crippen LogP contribution in [-0.4, -0.2) is 38.6 Å². The van der Waals surface area contributed by atoms with Crippen LogP contribution in [0.2, 0.25) is 0 Å². The van der Waals surface area contributed by atoms with E-state index < -0.39 is 0 Å². The summed E-state index contributed by atoms with van der Waals surface area (Å²) in [6.07, 6.45) is 4.79. The molecule has 0 aliphatic carbocycles. The number of thiocarbonyl (C=S) groups is 1. The SMILES string of the molecule is CCCOc1ccc(-c2nn(-c3ccccc3)cc2/C=C2\SC(=S)N(C)C2=O)c(C)c1. The van der Waals surface area contributed by atoms with Crippen molar-refractivity contribution in [2.45, 2.75) is 20.3 Å². The second kappa shape index (κ2) is 9.08. The van der Waals surface area contributed by atoms with Crippen molar-refractivity contribution in [3.05, 3.63) is 70.8 Å². The third kappa shape index (κ3) is 4.43. The molecule has 1 aliphatic rings. The zero-order chi connectivity index (χ0) is 22.0. The molecule has 158 valence electrons. The summed E-state index contributed by atoms with van der Waals surface area (Å²) in [5.74, 6) is 0.757. The first-order chi connectivity index (χ1) is 15.0. The first-order valence-electron chi connectivity index (χ1n) is 10.1. The van der Waals surface area contributed by atoms with Crippen molar-refractivity contribution in [1.82, 2.24) is 14.7 Å². The van der Waals surface area contributed by atoms with Crippen molar-refractivity contribution in [3.63, 3.8) is 0 Å². The number of aromatic nitrogens is 2. The standard InChI is InChI=1S/C24H23N3O2S2/c1-4-12-29-19-10-11-20(16(2)13-19)22-17(14-21-23(28)26(3)24(30)31-21)15-27(25-22)18-8-6-5-7-9-18/h5-11,13-15H,4,12H2,1-3H3/b21-14-. The Morgan fingerprint density at radius 2 is 1.97 bits per heavy atom. The van der Waals surface area contributed by atoms with E-state index in [4.69, 9.17) is 22.1 Å². The Kier molecular flexibility index (Phi) is 6.25. The van der Waals surface area contributed by atoms with Gasteiger partial charge in [-0.2, -0.15) is 5.10 Å². The number of rotatable bonds is 6. The van der Waals surface area contributed by atoms with E-state index in [-0.39, 0.29) is 5.91 Å². The van der Waals surface area contributed by atoms with E-state index >= 15 is 0 Å². The fraction of sp³-hybridized carbons (Fsp3) is 0.208. The third-order valence-corrected chi connectivity index (χ3v) is 6.45. The molecule has 0 N–H and O–H groups in total. The number of ether oxygens (including phenoxy) is 1. The summed E-state index contributed by atoms with van der Waals surface area (Å²) in [4.78, 5) is 14.7. The fourth-order valence-corrected chi connectivity index (χ4v) is 4.48. The molecule has 0 bridgehead atoms. The van der Waals surface area contributed by atoms with Gasteiger partial charge in [0.1, 0.15) is 15.8 Å². The highest BCUT2D eigenvalue weighted by Gasteiger charge is 2.29. The van der Waals surface area contributed by atoms with Gasteiger partial charge in [0.15, 0.2) is 0 Å². The minimum Gasteiger partial charge on any atom is -0.494 e. The highest BCUT2D eigenvalue weighted by atomic mass is 32.2. The lowest BCUT2D eigenvalue weighted by Gasteiger charge is -2.09. The summed E-state index contributed by atoms with van der Waals surface area (Å²) in [5, 5.41) is 4.87. The third-order valence-electron chi connectivity index (χ3n) is 4.96. The number of amides is 1. The molecule has 0 unspecified atom stereocenters. The second-order valence-corrected chi connectivity index (χ2v) is 8.95. The van der Waals surface area contributed by atoms with E-state index in [1.807, 2.05) is 72.4 Å². The Labute approximate surface area is 191 Å². The molecule has 1 aromatic heterocycles. The number of hydrogen-bond acceptors (Lipinski definition) is 5. The Bertz CT molecular complexity index is 1170. The highest BCUT2D eigenvalue weighted by molar-refractivity contribution is 8.26. The molecule has 2 heterocycles. The maximum Gasteiger partial charge on any atom is 0.265 e. The van der Waals surface area contributed by atoms with Crippen LogP contribution >= 0.6 is 24.0 Å². The van der Waals surface area contributed by atoms with Gasteiger partial charge in [0.25, 0.3) is 5.91 Å². The van der Waals surface area contributed by atoms with Crippen LogP contribution in [0.15, 0.2) is 59.6 Å². The number of carbonyl (C=O) groups excluding carboxylic acids is 1. The number of carbonyl (C=O) groups is 1. The summed E-state index contributed by atoms with van der Waals surface area (Å²) in [6, 6.07) is 16.0. The zero-order valence-electron chi connectivity index (χ0n) is 17.7. The molecule has 1 fully saturated rings. The zero-order valence-corrected chi connectivity index (χ0v) is 19.3. The van der Waals surface area contributed by atoms with Crippen molar-refractivity contribution >= 4 is 40.3 Å². The Morgan fingerprint density at radius 3 is 2.61 bits per heavy atom. The molecule has 2 aromatic carbocycles. The molecular weight excluding hydrogens is 426 g/mol. The summed E-state index contributed by atoms with van der Waals surface area (Å²) < 4.78 is 8.17. The van der Waals surface area contributed by atoms with Gasteiger partial charge in [-0.25, -0.2) is 4.68 Å². The van der Waals surface area contributed by atoms with Crippen LogP contribution in [0.5, 0.6) is 5.75 Å². The van der Waals surface area contributed by atoms with E-state index in [2.05, 4.69) is 6.92 Å². The first kappa shape index (κ1) is 21.3. The van der Waals surface area contributed by atoms with Crippen molar-refractivity contribution in [2.75, 3.05) is 13.7 Å². The van der Waals surface area contributed by atoms with Crippen molar-refractivity contribution < 1.29 is 9.53 Å². The van der Waals surface area contributed by atoms with E-state index in [1.165, 1.54) is 16.7 Å². The molecule has 5 nitrogen and oxygen atoms in total. The molecule has 1 saturated heterocycles. The first-order valence-corrected chi connectivity index (χ1v) is 11.3. The lowest BCUT2D eigenvalue weighted by molar-refractivity contribution is -0.121. The second-order valence-electron chi connectivity index (χ2n) is 7.28. The van der Waals surface area contributed by atoms with Crippen LogP contribution in [0.3, 0.4) is 0 Å². The number of likely N-dealkylation sites (N-methyl/N-ethyl adjacent to an activating group) is 1. The Hall–Kier alpha value is -2.90. The summed E-state index contributed by atoms with van der Waals surface area (Å²) in [7, 11) is 1.70. The molecule has 0 atom stereocenters. The van der Waals surface area contributed by atoms with Gasteiger partial charge in [0, 0.05) is 24.4 Å². The van der Waals surface area contributed by atoms with Crippen LogP contribution in [0.4, 0.5) is 0 Å². The number of benzene rings is 2. The number of hydrogen-bond donors (Lipinski definition) is 0. The van der Waals surface area contributed by atoms with Crippen molar-refractivity contribution in [1.29, 1.82) is 0 Å². The number of para-hydroxylation sites is 1. The topological polar surface area (TPSA) is 47.4 Å². The predicted molar refractivity (Wildman–Crippen MR) is 130 cm³/mol. The van der Waals surface area contributed by atoms with Crippen LogP contribution < -0.4 is 4.74 Å². The summed E-state index contributed by atoms with van der Waals surface area (Å²) in [6.45, 7) is 4.82. The quantitative estimate of drug-likeness (QED) is 0.369. The minimum absolute atomic E-state index is 0.0894. The number of thioether (sulfide) groups is 1. The van der Waals surface area contributed by atoms with Crippen LogP contribution in [0, 0.1) is 6.92 Å². The molecular formula is C24H23N3O2S2. The molecule has 4 rings (SSSR count). The summed E-state index contributed by atoms with van der Waals surface area (Å²) >= 11 is 6.60. The molecule has 31 heavy (non-hydrogen) atoms. The van der Waals surface area contributed by atoms with Gasteiger partial charge in [-0.1, -0.05) is 49.1 Å². The van der Waals surface area contributed by atoms with Gasteiger partial charge < -0.3 is 4.74 Å². The van der Waals surface area contributed by atoms with Gasteiger partial charge in [0.2, 0.25) is 0 Å². The number of aryl methyl sites for hydroxylation is 1. The van der Waals surface area contributed by atoms with Gasteiger partial charge in [-0.15, -0.1) is 0 Å². The summed E-state index contributed by atoms with van der Waals surface area (Å²) in [5.41, 5.74) is 4.68. The smallest absolute Gasteiger partial charge is 0.265 e. The Morgan fingerprint density at radius 1 is 1.19 bits per heavy atom. The normalized spacial score (nSPS) is 15.2. The van der Waals surface area contributed by atoms with Gasteiger partial charge in [-0.05, 0) is 55.3 Å². The average Bonchev–Trinajstić information content (AvgIpc) is 3.30. The van der Waals surface area contributed by atoms with E-state index in [0.717, 1.165) is 40.2 Å². The van der Waals surface area contributed by atoms with Crippen LogP contribution in [0.25, 0.3) is 23.0 Å². The molecule has 1 aliphatic heterocycles. The van der Waals surface area contributed by atoms with Gasteiger partial charge >= 0.3 is 0 Å². The number of nitrogens with zero attached hydrogens (tertiary/aromatic N) is 3. The molecule has 1 amide bonds. The lowest BCUT2D eigenvalue weighted by Crippen LogP contribution is -2.22. The Balaban J connectivity index is 1.80. The van der Waals surface area contributed by atoms with Crippen LogP contribution in [-0.2, 0) is 4.79 Å².